The fraction of sp³-hybridized carbons (Fsp3) is 0.538. The largest absolute Gasteiger partial charge is 0.367 e. The molecule has 0 N–H and O–H groups in total. The summed E-state index contributed by atoms with van der Waals surface area (Å²) in [4.78, 5) is 18.3. The molecule has 0 aliphatic carbocycles. The standard InChI is InChI=1S/C13H16BrClN2O2/c1-13(2)8-17(7-11(4-15)19-13)12(18)9-3-10(14)6-16-5-9/h3,5-6,11H,4,7-8H2,1-2H3. The molecule has 19 heavy (non-hydrogen) atoms. The summed E-state index contributed by atoms with van der Waals surface area (Å²) in [5.41, 5.74) is 0.188. The molecule has 1 saturated heterocycles. The van der Waals surface area contributed by atoms with E-state index in [2.05, 4.69) is 20.9 Å². The van der Waals surface area contributed by atoms with Gasteiger partial charge in [0.2, 0.25) is 0 Å². The van der Waals surface area contributed by atoms with Crippen molar-refractivity contribution in [1.82, 2.24) is 9.88 Å². The van der Waals surface area contributed by atoms with Crippen LogP contribution in [0, 0.1) is 0 Å². The highest BCUT2D eigenvalue weighted by Gasteiger charge is 2.35. The predicted octanol–water partition coefficient (Wildman–Crippen LogP) is 2.70. The van der Waals surface area contributed by atoms with Crippen LogP contribution in [-0.4, -0.2) is 46.5 Å². The van der Waals surface area contributed by atoms with Crippen LogP contribution in [0.15, 0.2) is 22.9 Å². The summed E-state index contributed by atoms with van der Waals surface area (Å²) >= 11 is 9.19. The van der Waals surface area contributed by atoms with Gasteiger partial charge in [-0.15, -0.1) is 11.6 Å². The van der Waals surface area contributed by atoms with E-state index in [0.717, 1.165) is 4.47 Å². The summed E-state index contributed by atoms with van der Waals surface area (Å²) in [6.07, 6.45) is 3.10. The summed E-state index contributed by atoms with van der Waals surface area (Å²) in [7, 11) is 0. The van der Waals surface area contributed by atoms with Gasteiger partial charge in [0.15, 0.2) is 0 Å². The predicted molar refractivity (Wildman–Crippen MR) is 77.5 cm³/mol. The van der Waals surface area contributed by atoms with Crippen molar-refractivity contribution >= 4 is 33.4 Å². The van der Waals surface area contributed by atoms with Crippen LogP contribution in [-0.2, 0) is 4.74 Å². The minimum absolute atomic E-state index is 0.0414. The highest BCUT2D eigenvalue weighted by Crippen LogP contribution is 2.23. The Balaban J connectivity index is 2.18. The molecule has 104 valence electrons. The van der Waals surface area contributed by atoms with E-state index in [4.69, 9.17) is 16.3 Å². The number of morpholine rings is 1. The molecule has 0 saturated carbocycles. The zero-order valence-electron chi connectivity index (χ0n) is 10.9. The van der Waals surface area contributed by atoms with Crippen molar-refractivity contribution in [1.29, 1.82) is 0 Å². The zero-order chi connectivity index (χ0) is 14.0. The number of carbonyl (C=O) groups is 1. The van der Waals surface area contributed by atoms with Crippen LogP contribution in [0.5, 0.6) is 0 Å². The van der Waals surface area contributed by atoms with Gasteiger partial charge in [0, 0.05) is 30.0 Å². The summed E-state index contributed by atoms with van der Waals surface area (Å²) in [5.74, 6) is 0.338. The third-order valence-corrected chi connectivity index (χ3v) is 3.67. The Hall–Kier alpha value is -0.650. The lowest BCUT2D eigenvalue weighted by Crippen LogP contribution is -2.55. The maximum absolute atomic E-state index is 12.5. The molecule has 1 aromatic rings. The van der Waals surface area contributed by atoms with Gasteiger partial charge < -0.3 is 9.64 Å². The first-order valence-electron chi connectivity index (χ1n) is 6.05. The monoisotopic (exact) mass is 346 g/mol. The first-order valence-corrected chi connectivity index (χ1v) is 7.37. The Morgan fingerprint density at radius 2 is 2.37 bits per heavy atom. The second-order valence-corrected chi connectivity index (χ2v) is 6.46. The molecule has 6 heteroatoms. The van der Waals surface area contributed by atoms with E-state index >= 15 is 0 Å². The number of pyridine rings is 1. The van der Waals surface area contributed by atoms with Crippen LogP contribution < -0.4 is 0 Å². The van der Waals surface area contributed by atoms with E-state index in [1.54, 1.807) is 23.4 Å². The molecule has 1 fully saturated rings. The fourth-order valence-electron chi connectivity index (χ4n) is 2.24. The summed E-state index contributed by atoms with van der Waals surface area (Å²) in [6.45, 7) is 4.99. The second kappa shape index (κ2) is 5.77. The van der Waals surface area contributed by atoms with E-state index in [-0.39, 0.29) is 17.6 Å². The quantitative estimate of drug-likeness (QED) is 0.773. The van der Waals surface area contributed by atoms with Crippen LogP contribution in [0.4, 0.5) is 0 Å². The van der Waals surface area contributed by atoms with Crippen molar-refractivity contribution in [2.75, 3.05) is 19.0 Å². The molecule has 0 spiro atoms. The first-order chi connectivity index (χ1) is 8.91. The van der Waals surface area contributed by atoms with Crippen LogP contribution in [0.2, 0.25) is 0 Å². The van der Waals surface area contributed by atoms with Gasteiger partial charge in [-0.25, -0.2) is 0 Å². The highest BCUT2D eigenvalue weighted by atomic mass is 79.9. The van der Waals surface area contributed by atoms with Crippen molar-refractivity contribution in [3.8, 4) is 0 Å². The van der Waals surface area contributed by atoms with Crippen molar-refractivity contribution in [2.45, 2.75) is 25.6 Å². The van der Waals surface area contributed by atoms with Crippen molar-refractivity contribution in [3.05, 3.63) is 28.5 Å². The second-order valence-electron chi connectivity index (χ2n) is 5.23. The number of halogens is 2. The van der Waals surface area contributed by atoms with Crippen LogP contribution >= 0.6 is 27.5 Å². The lowest BCUT2D eigenvalue weighted by Gasteiger charge is -2.42. The van der Waals surface area contributed by atoms with E-state index < -0.39 is 0 Å². The molecule has 1 aliphatic rings. The number of rotatable bonds is 2. The van der Waals surface area contributed by atoms with Crippen molar-refractivity contribution in [3.63, 3.8) is 0 Å². The van der Waals surface area contributed by atoms with Gasteiger partial charge >= 0.3 is 0 Å². The number of alkyl halides is 1. The number of amides is 1. The van der Waals surface area contributed by atoms with Gasteiger partial charge in [-0.05, 0) is 35.8 Å². The topological polar surface area (TPSA) is 42.4 Å². The minimum Gasteiger partial charge on any atom is -0.367 e. The van der Waals surface area contributed by atoms with Gasteiger partial charge in [0.1, 0.15) is 0 Å². The minimum atomic E-state index is -0.382. The Labute approximate surface area is 126 Å². The first kappa shape index (κ1) is 14.8. The van der Waals surface area contributed by atoms with Crippen molar-refractivity contribution in [2.24, 2.45) is 0 Å². The SMILES string of the molecule is CC1(C)CN(C(=O)c2cncc(Br)c2)CC(CCl)O1. The number of ether oxygens (including phenoxy) is 1. The molecule has 1 unspecified atom stereocenters. The third kappa shape index (κ3) is 3.68. The Morgan fingerprint density at radius 1 is 1.63 bits per heavy atom. The maximum atomic E-state index is 12.5. The molecule has 1 aromatic heterocycles. The fourth-order valence-corrected chi connectivity index (χ4v) is 2.77. The average molecular weight is 348 g/mol. The molecule has 2 heterocycles. The Kier molecular flexibility index (Phi) is 4.48. The van der Waals surface area contributed by atoms with Gasteiger partial charge in [-0.2, -0.15) is 0 Å². The molecular formula is C13H16BrClN2O2. The van der Waals surface area contributed by atoms with E-state index in [1.165, 1.54) is 0 Å². The summed E-state index contributed by atoms with van der Waals surface area (Å²) < 4.78 is 6.60. The molecule has 2 rings (SSSR count). The van der Waals surface area contributed by atoms with E-state index in [1.807, 2.05) is 13.8 Å². The third-order valence-electron chi connectivity index (χ3n) is 2.89. The average Bonchev–Trinajstić information content (AvgIpc) is 2.36. The molecular weight excluding hydrogens is 332 g/mol. The maximum Gasteiger partial charge on any atom is 0.255 e. The molecule has 1 amide bonds. The summed E-state index contributed by atoms with van der Waals surface area (Å²) in [5, 5.41) is 0. The number of hydrogen-bond donors (Lipinski definition) is 0. The van der Waals surface area contributed by atoms with Gasteiger partial charge in [0.25, 0.3) is 5.91 Å². The lowest BCUT2D eigenvalue weighted by atomic mass is 10.0. The molecule has 4 nitrogen and oxygen atoms in total. The van der Waals surface area contributed by atoms with Gasteiger partial charge in [0.05, 0.1) is 23.1 Å². The van der Waals surface area contributed by atoms with Crippen LogP contribution in [0.25, 0.3) is 0 Å². The molecule has 1 aliphatic heterocycles. The lowest BCUT2D eigenvalue weighted by molar-refractivity contribution is -0.117. The molecule has 1 atom stereocenters. The van der Waals surface area contributed by atoms with Crippen LogP contribution in [0.3, 0.4) is 0 Å². The normalized spacial score (nSPS) is 22.3. The number of hydrogen-bond acceptors (Lipinski definition) is 3. The smallest absolute Gasteiger partial charge is 0.255 e. The Morgan fingerprint density at radius 3 is 3.00 bits per heavy atom. The molecule has 0 bridgehead atoms. The van der Waals surface area contributed by atoms with Gasteiger partial charge in [-0.1, -0.05) is 0 Å². The van der Waals surface area contributed by atoms with E-state index in [0.29, 0.717) is 24.5 Å². The Bertz CT molecular complexity index is 481. The van der Waals surface area contributed by atoms with Crippen molar-refractivity contribution < 1.29 is 9.53 Å². The molecule has 0 radical (unpaired) electrons. The van der Waals surface area contributed by atoms with Gasteiger partial charge in [-0.3, -0.25) is 9.78 Å². The molecule has 0 aromatic carbocycles. The summed E-state index contributed by atoms with van der Waals surface area (Å²) in [6, 6.07) is 1.77. The van der Waals surface area contributed by atoms with Crippen LogP contribution in [0.1, 0.15) is 24.2 Å². The number of nitrogens with zero attached hydrogens (tertiary/aromatic N) is 2. The highest BCUT2D eigenvalue weighted by molar-refractivity contribution is 9.10. The zero-order valence-corrected chi connectivity index (χ0v) is 13.2. The number of carbonyl (C=O) groups excluding carboxylic acids is 1. The van der Waals surface area contributed by atoms with E-state index in [9.17, 15) is 4.79 Å². The number of aromatic nitrogens is 1.